The number of ether oxygens (including phenoxy) is 2. The van der Waals surface area contributed by atoms with E-state index in [4.69, 9.17) is 9.47 Å². The van der Waals surface area contributed by atoms with Crippen LogP contribution in [0.5, 0.6) is 0 Å². The fourth-order valence-corrected chi connectivity index (χ4v) is 7.36. The molecule has 6 heteroatoms. The second-order valence-electron chi connectivity index (χ2n) is 13.0. The first-order valence-corrected chi connectivity index (χ1v) is 13.5. The van der Waals surface area contributed by atoms with Crippen molar-refractivity contribution in [3.8, 4) is 0 Å². The molecule has 0 aliphatic carbocycles. The van der Waals surface area contributed by atoms with Gasteiger partial charge in [-0.15, -0.1) is 0 Å². The van der Waals surface area contributed by atoms with E-state index < -0.39 is 0 Å². The predicted molar refractivity (Wildman–Crippen MR) is 138 cm³/mol. The normalized spacial score (nSPS) is 25.1. The highest BCUT2D eigenvalue weighted by Gasteiger charge is 2.46. The zero-order chi connectivity index (χ0) is 25.9. The molecule has 0 radical (unpaired) electrons. The minimum atomic E-state index is -0.148. The van der Waals surface area contributed by atoms with E-state index in [9.17, 15) is 9.59 Å². The van der Waals surface area contributed by atoms with Gasteiger partial charge in [0, 0.05) is 60.7 Å². The number of likely N-dealkylation sites (tertiary alicyclic amines) is 2. The minimum absolute atomic E-state index is 0.00160. The average Bonchev–Trinajstić information content (AvgIpc) is 2.61. The number of esters is 2. The fraction of sp³-hybridized carbons (Fsp3) is 0.929. The molecule has 198 valence electrons. The molecule has 2 heterocycles. The van der Waals surface area contributed by atoms with Crippen molar-refractivity contribution < 1.29 is 19.1 Å². The van der Waals surface area contributed by atoms with Gasteiger partial charge in [-0.1, -0.05) is 13.8 Å². The van der Waals surface area contributed by atoms with Gasteiger partial charge >= 0.3 is 11.9 Å². The largest absolute Gasteiger partial charge is 0.462 e. The Kier molecular flexibility index (Phi) is 9.29. The molecule has 2 saturated heterocycles. The molecule has 2 aliphatic heterocycles. The average molecular weight is 481 g/mol. The first kappa shape index (κ1) is 29.1. The highest BCUT2D eigenvalue weighted by molar-refractivity contribution is 5.71. The summed E-state index contributed by atoms with van der Waals surface area (Å²) in [7, 11) is 0. The molecule has 0 aromatic heterocycles. The topological polar surface area (TPSA) is 59.1 Å². The molecule has 34 heavy (non-hydrogen) atoms. The molecule has 2 fully saturated rings. The Morgan fingerprint density at radius 1 is 0.618 bits per heavy atom. The number of nitrogens with zero attached hydrogens (tertiary/aromatic N) is 2. The summed E-state index contributed by atoms with van der Waals surface area (Å²) in [5, 5.41) is 0. The van der Waals surface area contributed by atoms with Crippen LogP contribution in [0.15, 0.2) is 0 Å². The molecule has 0 N–H and O–H groups in total. The molecule has 0 unspecified atom stereocenters. The molecular formula is C28H52N2O4. The first-order chi connectivity index (χ1) is 15.5. The lowest BCUT2D eigenvalue weighted by Gasteiger charge is -2.54. The maximum Gasteiger partial charge on any atom is 0.306 e. The number of carbonyl (C=O) groups is 2. The van der Waals surface area contributed by atoms with Crippen LogP contribution >= 0.6 is 0 Å². The summed E-state index contributed by atoms with van der Waals surface area (Å²) in [5.41, 5.74) is 0.00641. The lowest BCUT2D eigenvalue weighted by molar-refractivity contribution is -0.162. The molecule has 0 spiro atoms. The van der Waals surface area contributed by atoms with Crippen LogP contribution in [-0.2, 0) is 19.1 Å². The summed E-state index contributed by atoms with van der Waals surface area (Å²) in [6.07, 6.45) is 5.33. The zero-order valence-electron chi connectivity index (χ0n) is 23.8. The Morgan fingerprint density at radius 2 is 0.882 bits per heavy atom. The molecule has 0 aromatic rings. The molecule has 6 nitrogen and oxygen atoms in total. The van der Waals surface area contributed by atoms with Crippen LogP contribution in [0.3, 0.4) is 0 Å². The third-order valence-electron chi connectivity index (χ3n) is 8.07. The van der Waals surface area contributed by atoms with Gasteiger partial charge in [-0.2, -0.15) is 0 Å². The van der Waals surface area contributed by atoms with Crippen LogP contribution in [0, 0.1) is 0 Å². The lowest BCUT2D eigenvalue weighted by Crippen LogP contribution is -2.62. The summed E-state index contributed by atoms with van der Waals surface area (Å²) in [6.45, 7) is 24.2. The second kappa shape index (κ2) is 10.9. The number of piperidine rings is 2. The quantitative estimate of drug-likeness (QED) is 0.311. The molecule has 0 bridgehead atoms. The standard InChI is InChI=1S/C28H52N2O4/c1-11-29-25(3,4)17-21(18-26(29,5)6)33-23(31)15-13-14-16-24(32)34-22-19-27(7,8)30(12-2)28(9,10)20-22/h21-22H,11-20H2,1-10H3. The second-order valence-corrected chi connectivity index (χ2v) is 13.0. The van der Waals surface area contributed by atoms with Crippen molar-refractivity contribution in [3.05, 3.63) is 0 Å². The van der Waals surface area contributed by atoms with Gasteiger partial charge in [-0.25, -0.2) is 0 Å². The maximum atomic E-state index is 12.5. The summed E-state index contributed by atoms with van der Waals surface area (Å²) < 4.78 is 11.7. The van der Waals surface area contributed by atoms with E-state index in [2.05, 4.69) is 79.0 Å². The highest BCUT2D eigenvalue weighted by atomic mass is 16.5. The number of hydrogen-bond acceptors (Lipinski definition) is 6. The van der Waals surface area contributed by atoms with E-state index in [1.807, 2.05) is 0 Å². The van der Waals surface area contributed by atoms with Crippen molar-refractivity contribution in [1.29, 1.82) is 0 Å². The minimum Gasteiger partial charge on any atom is -0.462 e. The van der Waals surface area contributed by atoms with Gasteiger partial charge in [-0.05, 0) is 81.3 Å². The van der Waals surface area contributed by atoms with Crippen LogP contribution < -0.4 is 0 Å². The van der Waals surface area contributed by atoms with Gasteiger partial charge in [-0.3, -0.25) is 19.4 Å². The predicted octanol–water partition coefficient (Wildman–Crippen LogP) is 5.72. The smallest absolute Gasteiger partial charge is 0.306 e. The molecule has 0 saturated carbocycles. The molecule has 2 rings (SSSR count). The third-order valence-corrected chi connectivity index (χ3v) is 8.07. The zero-order valence-corrected chi connectivity index (χ0v) is 23.8. The van der Waals surface area contributed by atoms with Gasteiger partial charge in [0.05, 0.1) is 0 Å². The number of unbranched alkanes of at least 4 members (excludes halogenated alkanes) is 1. The number of carbonyl (C=O) groups excluding carboxylic acids is 2. The van der Waals surface area contributed by atoms with E-state index in [-0.39, 0.29) is 46.3 Å². The highest BCUT2D eigenvalue weighted by Crippen LogP contribution is 2.40. The van der Waals surface area contributed by atoms with Crippen molar-refractivity contribution in [1.82, 2.24) is 9.80 Å². The first-order valence-electron chi connectivity index (χ1n) is 13.5. The van der Waals surface area contributed by atoms with E-state index >= 15 is 0 Å². The van der Waals surface area contributed by atoms with Gasteiger partial charge in [0.1, 0.15) is 12.2 Å². The summed E-state index contributed by atoms with van der Waals surface area (Å²) >= 11 is 0. The molecule has 0 aromatic carbocycles. The fourth-order valence-electron chi connectivity index (χ4n) is 7.36. The van der Waals surface area contributed by atoms with Crippen LogP contribution in [-0.4, -0.2) is 69.2 Å². The Balaban J connectivity index is 1.74. The third kappa shape index (κ3) is 7.19. The van der Waals surface area contributed by atoms with Crippen LogP contribution in [0.1, 0.15) is 121 Å². The summed E-state index contributed by atoms with van der Waals surface area (Å²) in [6, 6.07) is 0. The van der Waals surface area contributed by atoms with E-state index in [0.29, 0.717) is 25.7 Å². The van der Waals surface area contributed by atoms with Crippen molar-refractivity contribution in [3.63, 3.8) is 0 Å². The van der Waals surface area contributed by atoms with Crippen molar-refractivity contribution in [2.45, 2.75) is 155 Å². The van der Waals surface area contributed by atoms with Gasteiger partial charge in [0.2, 0.25) is 0 Å². The van der Waals surface area contributed by atoms with Gasteiger partial charge in [0.15, 0.2) is 0 Å². The summed E-state index contributed by atoms with van der Waals surface area (Å²) in [5.74, 6) is -0.296. The molecule has 0 atom stereocenters. The maximum absolute atomic E-state index is 12.5. The van der Waals surface area contributed by atoms with E-state index in [1.165, 1.54) is 0 Å². The van der Waals surface area contributed by atoms with Gasteiger partial charge < -0.3 is 9.47 Å². The van der Waals surface area contributed by atoms with E-state index in [1.54, 1.807) is 0 Å². The van der Waals surface area contributed by atoms with Crippen LogP contribution in [0.2, 0.25) is 0 Å². The Morgan fingerprint density at radius 3 is 1.12 bits per heavy atom. The van der Waals surface area contributed by atoms with E-state index in [0.717, 1.165) is 38.8 Å². The Bertz CT molecular complexity index is 617. The number of hydrogen-bond donors (Lipinski definition) is 0. The lowest BCUT2D eigenvalue weighted by atomic mass is 9.78. The van der Waals surface area contributed by atoms with Crippen molar-refractivity contribution in [2.24, 2.45) is 0 Å². The number of rotatable bonds is 9. The van der Waals surface area contributed by atoms with Crippen molar-refractivity contribution in [2.75, 3.05) is 13.1 Å². The molecule has 0 amide bonds. The summed E-state index contributed by atoms with van der Waals surface area (Å²) in [4.78, 5) is 30.0. The van der Waals surface area contributed by atoms with Crippen LogP contribution in [0.25, 0.3) is 0 Å². The Labute approximate surface area is 209 Å². The molecular weight excluding hydrogens is 428 g/mol. The van der Waals surface area contributed by atoms with Crippen LogP contribution in [0.4, 0.5) is 0 Å². The molecule has 2 aliphatic rings. The Hall–Kier alpha value is -1.14. The van der Waals surface area contributed by atoms with Crippen molar-refractivity contribution >= 4 is 11.9 Å². The van der Waals surface area contributed by atoms with Gasteiger partial charge in [0.25, 0.3) is 0 Å². The SMILES string of the molecule is CCN1C(C)(C)CC(OC(=O)CCCCC(=O)OC2CC(C)(C)N(CC)C(C)(C)C2)CC1(C)C. The monoisotopic (exact) mass is 480 g/mol.